The molecule has 1 aromatic carbocycles. The van der Waals surface area contributed by atoms with Crippen LogP contribution in [-0.4, -0.2) is 27.6 Å². The fourth-order valence-corrected chi connectivity index (χ4v) is 1.22. The van der Waals surface area contributed by atoms with Crippen LogP contribution in [0.1, 0.15) is 0 Å². The molecule has 0 saturated heterocycles. The largest absolute Gasteiger partial charge is 2.00 e. The summed E-state index contributed by atoms with van der Waals surface area (Å²) in [4.78, 5) is 11.5. The van der Waals surface area contributed by atoms with E-state index in [2.05, 4.69) is 6.07 Å². The summed E-state index contributed by atoms with van der Waals surface area (Å²) in [5.74, 6) is 0. The Morgan fingerprint density at radius 3 is 2.79 bits per heavy atom. The summed E-state index contributed by atoms with van der Waals surface area (Å²) in [5.41, 5.74) is 0.0318. The van der Waals surface area contributed by atoms with Crippen LogP contribution >= 0.6 is 0 Å². The van der Waals surface area contributed by atoms with Gasteiger partial charge in [0, 0.05) is 7.05 Å². The van der Waals surface area contributed by atoms with Crippen LogP contribution in [-0.2, 0) is 7.05 Å². The van der Waals surface area contributed by atoms with Gasteiger partial charge in [0.2, 0.25) is 5.56 Å². The van der Waals surface area contributed by atoms with Crippen LogP contribution in [0.2, 0.25) is 0 Å². The number of benzene rings is 1. The standard InChI is InChI=1S/C10H8NO.ClH.Mg/c1-11-7-6-8-4-2-3-5-9(8)10(11)12;;/h2-3,5-7H,1H3;1H;/q-1;;+2/p-1. The van der Waals surface area contributed by atoms with Crippen molar-refractivity contribution in [2.75, 3.05) is 0 Å². The van der Waals surface area contributed by atoms with Crippen LogP contribution in [0.4, 0.5) is 0 Å². The first-order valence-corrected chi connectivity index (χ1v) is 3.75. The first-order chi connectivity index (χ1) is 5.79. The molecule has 0 aliphatic rings. The molecule has 0 fully saturated rings. The molecule has 1 heterocycles. The van der Waals surface area contributed by atoms with Crippen LogP contribution in [0.15, 0.2) is 35.3 Å². The molecule has 1 aromatic heterocycles. The van der Waals surface area contributed by atoms with Crippen molar-refractivity contribution in [3.63, 3.8) is 0 Å². The second-order valence-electron chi connectivity index (χ2n) is 2.73. The first kappa shape index (κ1) is 13.5. The van der Waals surface area contributed by atoms with Gasteiger partial charge in [-0.05, 0) is 11.6 Å². The molecular formula is C10H8ClMgNO. The zero-order chi connectivity index (χ0) is 8.55. The van der Waals surface area contributed by atoms with Crippen molar-refractivity contribution in [1.82, 2.24) is 4.57 Å². The van der Waals surface area contributed by atoms with Gasteiger partial charge in [-0.1, -0.05) is 0 Å². The smallest absolute Gasteiger partial charge is 1.00 e. The van der Waals surface area contributed by atoms with Gasteiger partial charge >= 0.3 is 23.1 Å². The van der Waals surface area contributed by atoms with E-state index in [4.69, 9.17) is 0 Å². The Balaban J connectivity index is 0.000000845. The zero-order valence-corrected chi connectivity index (χ0v) is 10.00. The maximum absolute atomic E-state index is 11.5. The third-order valence-electron chi connectivity index (χ3n) is 1.90. The minimum atomic E-state index is 0. The van der Waals surface area contributed by atoms with Gasteiger partial charge in [0.05, 0.1) is 0 Å². The van der Waals surface area contributed by atoms with Crippen molar-refractivity contribution in [3.8, 4) is 0 Å². The second-order valence-corrected chi connectivity index (χ2v) is 2.73. The predicted molar refractivity (Wildman–Crippen MR) is 53.8 cm³/mol. The van der Waals surface area contributed by atoms with Crippen molar-refractivity contribution in [2.24, 2.45) is 7.05 Å². The fourth-order valence-electron chi connectivity index (χ4n) is 1.22. The molecule has 2 nitrogen and oxygen atoms in total. The van der Waals surface area contributed by atoms with E-state index in [1.54, 1.807) is 17.8 Å². The fraction of sp³-hybridized carbons (Fsp3) is 0.100. The SMILES string of the molecule is Cn1ccc2[c-]cccc2c1=O.[Cl-].[Mg+2]. The van der Waals surface area contributed by atoms with E-state index in [-0.39, 0.29) is 41.0 Å². The van der Waals surface area contributed by atoms with Crippen molar-refractivity contribution < 1.29 is 12.4 Å². The first-order valence-electron chi connectivity index (χ1n) is 3.75. The molecule has 2 rings (SSSR count). The third kappa shape index (κ3) is 2.29. The van der Waals surface area contributed by atoms with Crippen LogP contribution in [0.25, 0.3) is 10.8 Å². The van der Waals surface area contributed by atoms with Crippen molar-refractivity contribution >= 4 is 33.8 Å². The van der Waals surface area contributed by atoms with Crippen molar-refractivity contribution in [1.29, 1.82) is 0 Å². The van der Waals surface area contributed by atoms with Crippen molar-refractivity contribution in [3.05, 3.63) is 46.9 Å². The Labute approximate surface area is 104 Å². The summed E-state index contributed by atoms with van der Waals surface area (Å²) in [6.07, 6.45) is 1.75. The average molecular weight is 218 g/mol. The molecule has 0 spiro atoms. The van der Waals surface area contributed by atoms with E-state index in [1.165, 1.54) is 0 Å². The van der Waals surface area contributed by atoms with E-state index >= 15 is 0 Å². The molecule has 0 N–H and O–H groups in total. The van der Waals surface area contributed by atoms with E-state index < -0.39 is 0 Å². The summed E-state index contributed by atoms with van der Waals surface area (Å²) >= 11 is 0. The van der Waals surface area contributed by atoms with E-state index in [9.17, 15) is 4.79 Å². The molecule has 0 radical (unpaired) electrons. The topological polar surface area (TPSA) is 22.0 Å². The van der Waals surface area contributed by atoms with Crippen LogP contribution < -0.4 is 18.0 Å². The van der Waals surface area contributed by atoms with Gasteiger partial charge in [-0.15, -0.1) is 35.7 Å². The van der Waals surface area contributed by atoms with Gasteiger partial charge in [0.25, 0.3) is 0 Å². The average Bonchev–Trinajstić information content (AvgIpc) is 2.12. The number of aromatic nitrogens is 1. The zero-order valence-electron chi connectivity index (χ0n) is 7.83. The summed E-state index contributed by atoms with van der Waals surface area (Å²) in [6, 6.07) is 10.3. The quantitative estimate of drug-likeness (QED) is 0.369. The monoisotopic (exact) mass is 217 g/mol. The van der Waals surface area contributed by atoms with Crippen LogP contribution in [0, 0.1) is 6.07 Å². The minimum absolute atomic E-state index is 0. The number of rotatable bonds is 0. The molecule has 68 valence electrons. The molecule has 4 heteroatoms. The third-order valence-corrected chi connectivity index (χ3v) is 1.90. The maximum Gasteiger partial charge on any atom is 2.00 e. The number of aryl methyl sites for hydroxylation is 1. The van der Waals surface area contributed by atoms with Gasteiger partial charge in [-0.2, -0.15) is 0 Å². The Morgan fingerprint density at radius 2 is 2.07 bits per heavy atom. The number of hydrogen-bond acceptors (Lipinski definition) is 1. The second kappa shape index (κ2) is 5.39. The van der Waals surface area contributed by atoms with Gasteiger partial charge in [0.15, 0.2) is 0 Å². The molecule has 0 amide bonds. The molecule has 0 atom stereocenters. The molecule has 2 aromatic rings. The number of hydrogen-bond donors (Lipinski definition) is 0. The molecular weight excluding hydrogens is 210 g/mol. The molecule has 0 bridgehead atoms. The Bertz CT molecular complexity index is 481. The van der Waals surface area contributed by atoms with E-state index in [0.29, 0.717) is 0 Å². The van der Waals surface area contributed by atoms with Crippen LogP contribution in [0.5, 0.6) is 0 Å². The molecule has 0 unspecified atom stereocenters. The minimum Gasteiger partial charge on any atom is -1.00 e. The van der Waals surface area contributed by atoms with Crippen molar-refractivity contribution in [2.45, 2.75) is 0 Å². The molecule has 0 aliphatic carbocycles. The number of fused-ring (bicyclic) bond motifs is 1. The number of halogens is 1. The Morgan fingerprint density at radius 1 is 1.36 bits per heavy atom. The normalized spacial score (nSPS) is 8.93. The Kier molecular flexibility index (Phi) is 5.19. The van der Waals surface area contributed by atoms with Gasteiger partial charge < -0.3 is 17.0 Å². The van der Waals surface area contributed by atoms with E-state index in [1.807, 2.05) is 24.3 Å². The van der Waals surface area contributed by atoms with Gasteiger partial charge in [-0.25, -0.2) is 0 Å². The molecule has 0 saturated carbocycles. The molecule has 14 heavy (non-hydrogen) atoms. The molecule has 0 aliphatic heterocycles. The maximum atomic E-state index is 11.5. The number of pyridine rings is 1. The van der Waals surface area contributed by atoms with E-state index in [0.717, 1.165) is 10.8 Å². The Hall–Kier alpha value is -0.514. The predicted octanol–water partition coefficient (Wildman–Crippen LogP) is -2.04. The van der Waals surface area contributed by atoms with Gasteiger partial charge in [0.1, 0.15) is 0 Å². The summed E-state index contributed by atoms with van der Waals surface area (Å²) in [6.45, 7) is 0. The van der Waals surface area contributed by atoms with Crippen LogP contribution in [0.3, 0.4) is 0 Å². The number of nitrogens with zero attached hydrogens (tertiary/aromatic N) is 1. The summed E-state index contributed by atoms with van der Waals surface area (Å²) in [5, 5.41) is 1.60. The summed E-state index contributed by atoms with van der Waals surface area (Å²) < 4.78 is 1.57. The summed E-state index contributed by atoms with van der Waals surface area (Å²) in [7, 11) is 1.74. The van der Waals surface area contributed by atoms with Gasteiger partial charge in [-0.3, -0.25) is 4.79 Å².